The molecule has 6 nitrogen and oxygen atoms in total. The normalized spacial score (nSPS) is 9.81. The molecule has 2 rings (SSSR count). The molecule has 0 bridgehead atoms. The average Bonchev–Trinajstić information content (AvgIpc) is 3.18. The fraction of sp³-hybridized carbons (Fsp3) is 0.211. The van der Waals surface area contributed by atoms with Gasteiger partial charge in [-0.25, -0.2) is 0 Å². The maximum atomic E-state index is 11.8. The van der Waals surface area contributed by atoms with E-state index < -0.39 is 0 Å². The first kappa shape index (κ1) is 19.2. The molecule has 134 valence electrons. The van der Waals surface area contributed by atoms with Crippen LogP contribution >= 0.6 is 11.3 Å². The minimum atomic E-state index is -0.335. The number of carbonyl (C=O) groups is 3. The van der Waals surface area contributed by atoms with E-state index in [1.165, 1.54) is 11.3 Å². The van der Waals surface area contributed by atoms with Crippen LogP contribution in [0.15, 0.2) is 41.1 Å². The number of anilines is 1. The number of terminal acetylenes is 1. The third-order valence-electron chi connectivity index (χ3n) is 3.41. The molecule has 1 aromatic heterocycles. The summed E-state index contributed by atoms with van der Waals surface area (Å²) in [6, 6.07) is 8.64. The maximum Gasteiger partial charge on any atom is 0.252 e. The number of hydrogen-bond donors (Lipinski definition) is 3. The Bertz CT molecular complexity index is 810. The molecule has 0 aliphatic rings. The molecule has 0 radical (unpaired) electrons. The highest BCUT2D eigenvalue weighted by Gasteiger charge is 2.08. The molecule has 0 aliphatic heterocycles. The van der Waals surface area contributed by atoms with Gasteiger partial charge < -0.3 is 16.0 Å². The van der Waals surface area contributed by atoms with Crippen molar-refractivity contribution in [2.24, 2.45) is 0 Å². The van der Waals surface area contributed by atoms with E-state index in [0.717, 1.165) is 0 Å². The van der Waals surface area contributed by atoms with Crippen molar-refractivity contribution in [1.29, 1.82) is 0 Å². The van der Waals surface area contributed by atoms with E-state index >= 15 is 0 Å². The Kier molecular flexibility index (Phi) is 7.40. The van der Waals surface area contributed by atoms with Gasteiger partial charge in [-0.1, -0.05) is 12.0 Å². The summed E-state index contributed by atoms with van der Waals surface area (Å²) in [5.74, 6) is 1.75. The van der Waals surface area contributed by atoms with Gasteiger partial charge in [0.25, 0.3) is 5.91 Å². The van der Waals surface area contributed by atoms with E-state index in [2.05, 4.69) is 21.9 Å². The highest BCUT2D eigenvalue weighted by molar-refractivity contribution is 7.08. The molecule has 3 amide bonds. The van der Waals surface area contributed by atoms with E-state index in [0.29, 0.717) is 29.8 Å². The Hall–Kier alpha value is -3.11. The van der Waals surface area contributed by atoms with E-state index in [-0.39, 0.29) is 30.7 Å². The summed E-state index contributed by atoms with van der Waals surface area (Å²) < 4.78 is 0. The second-order valence-corrected chi connectivity index (χ2v) is 6.20. The molecule has 2 aromatic rings. The van der Waals surface area contributed by atoms with Crippen molar-refractivity contribution in [1.82, 2.24) is 10.6 Å². The summed E-state index contributed by atoms with van der Waals surface area (Å²) in [5.41, 5.74) is 1.86. The van der Waals surface area contributed by atoms with Gasteiger partial charge in [-0.15, -0.1) is 6.42 Å². The first-order valence-corrected chi connectivity index (χ1v) is 8.96. The number of carbonyl (C=O) groups excluding carboxylic acids is 3. The third kappa shape index (κ3) is 6.42. The minimum Gasteiger partial charge on any atom is -0.352 e. The zero-order valence-electron chi connectivity index (χ0n) is 14.1. The Morgan fingerprint density at radius 2 is 1.96 bits per heavy atom. The predicted octanol–water partition coefficient (Wildman–Crippen LogP) is 1.99. The van der Waals surface area contributed by atoms with Gasteiger partial charge in [0.05, 0.1) is 6.54 Å². The number of benzene rings is 1. The van der Waals surface area contributed by atoms with Gasteiger partial charge in [0, 0.05) is 35.2 Å². The fourth-order valence-electron chi connectivity index (χ4n) is 2.11. The van der Waals surface area contributed by atoms with Crippen LogP contribution in [-0.2, 0) is 9.59 Å². The summed E-state index contributed by atoms with van der Waals surface area (Å²) in [5, 5.41) is 11.5. The smallest absolute Gasteiger partial charge is 0.252 e. The number of thiophene rings is 1. The largest absolute Gasteiger partial charge is 0.352 e. The molecule has 1 aromatic carbocycles. The summed E-state index contributed by atoms with van der Waals surface area (Å²) in [7, 11) is 0. The Morgan fingerprint density at radius 1 is 1.12 bits per heavy atom. The highest BCUT2D eigenvalue weighted by atomic mass is 32.1. The molecule has 0 fully saturated rings. The van der Waals surface area contributed by atoms with Crippen molar-refractivity contribution in [3.63, 3.8) is 0 Å². The summed E-state index contributed by atoms with van der Waals surface area (Å²) in [6.45, 7) is 0.271. The topological polar surface area (TPSA) is 87.3 Å². The Balaban J connectivity index is 1.61. The quantitative estimate of drug-likeness (QED) is 0.491. The van der Waals surface area contributed by atoms with Crippen LogP contribution in [-0.4, -0.2) is 30.8 Å². The number of nitrogens with one attached hydrogen (secondary N) is 3. The van der Waals surface area contributed by atoms with Crippen LogP contribution in [0, 0.1) is 12.3 Å². The molecule has 26 heavy (non-hydrogen) atoms. The van der Waals surface area contributed by atoms with Crippen molar-refractivity contribution < 1.29 is 14.4 Å². The van der Waals surface area contributed by atoms with Crippen LogP contribution in [0.3, 0.4) is 0 Å². The molecule has 0 aliphatic carbocycles. The van der Waals surface area contributed by atoms with Gasteiger partial charge in [-0.3, -0.25) is 14.4 Å². The Morgan fingerprint density at radius 3 is 2.69 bits per heavy atom. The monoisotopic (exact) mass is 369 g/mol. The van der Waals surface area contributed by atoms with Crippen molar-refractivity contribution in [2.75, 3.05) is 18.4 Å². The first-order valence-electron chi connectivity index (χ1n) is 8.02. The number of amides is 3. The third-order valence-corrected chi connectivity index (χ3v) is 4.09. The van der Waals surface area contributed by atoms with E-state index in [1.54, 1.807) is 35.7 Å². The van der Waals surface area contributed by atoms with Crippen molar-refractivity contribution in [2.45, 2.75) is 12.8 Å². The van der Waals surface area contributed by atoms with Gasteiger partial charge in [0.1, 0.15) is 0 Å². The lowest BCUT2D eigenvalue weighted by Gasteiger charge is -2.08. The zero-order valence-corrected chi connectivity index (χ0v) is 14.9. The number of rotatable bonds is 8. The number of hydrogen-bond acceptors (Lipinski definition) is 4. The lowest BCUT2D eigenvalue weighted by Crippen LogP contribution is -2.33. The fourth-order valence-corrected chi connectivity index (χ4v) is 2.74. The molecule has 0 atom stereocenters. The van der Waals surface area contributed by atoms with Crippen molar-refractivity contribution in [3.8, 4) is 12.3 Å². The second-order valence-electron chi connectivity index (χ2n) is 5.42. The van der Waals surface area contributed by atoms with Crippen LogP contribution in [0.2, 0.25) is 0 Å². The van der Waals surface area contributed by atoms with E-state index in [4.69, 9.17) is 6.42 Å². The molecule has 7 heteroatoms. The molecular formula is C19H19N3O3S. The van der Waals surface area contributed by atoms with E-state index in [1.807, 2.05) is 5.38 Å². The SMILES string of the molecule is C#Cc1cccc(NC(=O)CNC(=O)CCCNC(=O)c2ccsc2)c1. The maximum absolute atomic E-state index is 11.8. The Labute approximate surface area is 156 Å². The summed E-state index contributed by atoms with van der Waals surface area (Å²) >= 11 is 1.45. The van der Waals surface area contributed by atoms with Crippen LogP contribution in [0.1, 0.15) is 28.8 Å². The van der Waals surface area contributed by atoms with Gasteiger partial charge >= 0.3 is 0 Å². The average molecular weight is 369 g/mol. The molecule has 3 N–H and O–H groups in total. The molecule has 0 saturated heterocycles. The predicted molar refractivity (Wildman–Crippen MR) is 102 cm³/mol. The van der Waals surface area contributed by atoms with Gasteiger partial charge in [-0.05, 0) is 36.1 Å². The molecular weight excluding hydrogens is 350 g/mol. The van der Waals surface area contributed by atoms with Crippen LogP contribution in [0.25, 0.3) is 0 Å². The second kappa shape index (κ2) is 10.0. The first-order chi connectivity index (χ1) is 12.6. The molecule has 1 heterocycles. The summed E-state index contributed by atoms with van der Waals surface area (Å²) in [6.07, 6.45) is 6.03. The summed E-state index contributed by atoms with van der Waals surface area (Å²) in [4.78, 5) is 35.3. The van der Waals surface area contributed by atoms with E-state index in [9.17, 15) is 14.4 Å². The molecule has 0 spiro atoms. The van der Waals surface area contributed by atoms with Crippen molar-refractivity contribution >= 4 is 34.7 Å². The van der Waals surface area contributed by atoms with Crippen molar-refractivity contribution in [3.05, 3.63) is 52.2 Å². The minimum absolute atomic E-state index is 0.125. The standard InChI is InChI=1S/C19H19N3O3S/c1-2-14-5-3-6-16(11-14)22-18(24)12-21-17(23)7-4-9-20-19(25)15-8-10-26-13-15/h1,3,5-6,8,10-11,13H,4,7,9,12H2,(H,20,25)(H,21,23)(H,22,24). The highest BCUT2D eigenvalue weighted by Crippen LogP contribution is 2.09. The van der Waals surface area contributed by atoms with Crippen LogP contribution in [0.5, 0.6) is 0 Å². The van der Waals surface area contributed by atoms with Gasteiger partial charge in [0.2, 0.25) is 11.8 Å². The molecule has 0 saturated carbocycles. The molecule has 0 unspecified atom stereocenters. The lowest BCUT2D eigenvalue weighted by molar-refractivity contribution is -0.124. The van der Waals surface area contributed by atoms with Crippen LogP contribution < -0.4 is 16.0 Å². The lowest BCUT2D eigenvalue weighted by atomic mass is 10.2. The zero-order chi connectivity index (χ0) is 18.8. The van der Waals surface area contributed by atoms with Gasteiger partial charge in [-0.2, -0.15) is 11.3 Å². The van der Waals surface area contributed by atoms with Crippen LogP contribution in [0.4, 0.5) is 5.69 Å². The van der Waals surface area contributed by atoms with Gasteiger partial charge in [0.15, 0.2) is 0 Å².